The summed E-state index contributed by atoms with van der Waals surface area (Å²) in [5.41, 5.74) is 6.92. The Kier molecular flexibility index (Phi) is 5.89. The summed E-state index contributed by atoms with van der Waals surface area (Å²) in [6.45, 7) is 0.261. The third-order valence-corrected chi connectivity index (χ3v) is 6.75. The third-order valence-electron chi connectivity index (χ3n) is 4.82. The van der Waals surface area contributed by atoms with Crippen molar-refractivity contribution < 1.29 is 22.6 Å². The van der Waals surface area contributed by atoms with Gasteiger partial charge in [0.1, 0.15) is 30.5 Å². The number of sulfone groups is 1. The van der Waals surface area contributed by atoms with Crippen LogP contribution in [0.15, 0.2) is 60.0 Å². The van der Waals surface area contributed by atoms with E-state index in [1.807, 2.05) is 6.07 Å². The van der Waals surface area contributed by atoms with Gasteiger partial charge in [-0.05, 0) is 24.3 Å². The Morgan fingerprint density at radius 2 is 2.00 bits per heavy atom. The fourth-order valence-electron chi connectivity index (χ4n) is 3.32. The molecule has 1 aromatic heterocycles. The van der Waals surface area contributed by atoms with E-state index in [-0.39, 0.29) is 18.4 Å². The van der Waals surface area contributed by atoms with Gasteiger partial charge in [0.25, 0.3) is 0 Å². The minimum atomic E-state index is -3.90. The van der Waals surface area contributed by atoms with Gasteiger partial charge < -0.3 is 24.5 Å². The summed E-state index contributed by atoms with van der Waals surface area (Å²) in [6.07, 6.45) is 0.795. The van der Waals surface area contributed by atoms with E-state index in [1.54, 1.807) is 49.5 Å². The number of aryl methyl sites for hydroxylation is 1. The van der Waals surface area contributed by atoms with Crippen LogP contribution in [0.1, 0.15) is 5.56 Å². The van der Waals surface area contributed by atoms with Gasteiger partial charge in [-0.3, -0.25) is 0 Å². The molecule has 9 nitrogen and oxygen atoms in total. The van der Waals surface area contributed by atoms with Crippen molar-refractivity contribution in [1.29, 1.82) is 0 Å². The zero-order valence-electron chi connectivity index (χ0n) is 16.6. The van der Waals surface area contributed by atoms with Gasteiger partial charge in [0.2, 0.25) is 20.8 Å². The van der Waals surface area contributed by atoms with E-state index < -0.39 is 27.5 Å². The lowest BCUT2D eigenvalue weighted by Gasteiger charge is -2.28. The number of hydrogen-bond acceptors (Lipinski definition) is 8. The number of hydrogen-bond donors (Lipinski definition) is 1. The highest BCUT2D eigenvalue weighted by Crippen LogP contribution is 2.37. The molecule has 3 aromatic rings. The van der Waals surface area contributed by atoms with E-state index in [1.165, 1.54) is 10.9 Å². The molecule has 0 radical (unpaired) electrons. The maximum absolute atomic E-state index is 13.1. The number of ether oxygens (including phenoxy) is 3. The molecule has 1 fully saturated rings. The Balaban J connectivity index is 1.59. The third kappa shape index (κ3) is 4.52. The number of nitrogen functional groups attached to an aromatic ring is 1. The first-order valence-corrected chi connectivity index (χ1v) is 11.4. The molecule has 1 aliphatic rings. The van der Waals surface area contributed by atoms with Crippen molar-refractivity contribution in [3.63, 3.8) is 0 Å². The second-order valence-electron chi connectivity index (χ2n) is 7.14. The number of aromatic nitrogens is 3. The largest absolute Gasteiger partial charge is 0.489 e. The highest BCUT2D eigenvalue weighted by Gasteiger charge is 2.48. The van der Waals surface area contributed by atoms with Crippen molar-refractivity contribution in [2.24, 2.45) is 7.05 Å². The number of para-hydroxylation sites is 2. The summed E-state index contributed by atoms with van der Waals surface area (Å²) in [4.78, 5) is 0. The van der Waals surface area contributed by atoms with Gasteiger partial charge in [-0.1, -0.05) is 35.9 Å². The predicted octanol–water partition coefficient (Wildman–Crippen LogP) is 2.17. The van der Waals surface area contributed by atoms with Crippen LogP contribution in [0, 0.1) is 0 Å². The van der Waals surface area contributed by atoms with Crippen LogP contribution < -0.4 is 10.5 Å². The highest BCUT2D eigenvalue weighted by molar-refractivity contribution is 7.91. The van der Waals surface area contributed by atoms with Gasteiger partial charge in [0.15, 0.2) is 0 Å². The number of nitrogens with zero attached hydrogens (tertiary/aromatic N) is 3. The molecule has 2 N–H and O–H groups in total. The van der Waals surface area contributed by atoms with Crippen molar-refractivity contribution in [3.8, 4) is 5.75 Å². The van der Waals surface area contributed by atoms with E-state index in [0.29, 0.717) is 22.0 Å². The van der Waals surface area contributed by atoms with Crippen LogP contribution in [0.2, 0.25) is 5.02 Å². The van der Waals surface area contributed by atoms with Crippen LogP contribution in [0.25, 0.3) is 0 Å². The first-order valence-electron chi connectivity index (χ1n) is 9.41. The zero-order chi connectivity index (χ0) is 22.1. The second kappa shape index (κ2) is 8.46. The molecule has 0 bridgehead atoms. The molecule has 0 aliphatic carbocycles. The van der Waals surface area contributed by atoms with E-state index in [9.17, 15) is 8.42 Å². The Morgan fingerprint density at radius 1 is 1.26 bits per heavy atom. The molecule has 1 aliphatic heterocycles. The minimum absolute atomic E-state index is 0.129. The van der Waals surface area contributed by atoms with E-state index in [0.717, 1.165) is 0 Å². The van der Waals surface area contributed by atoms with Crippen LogP contribution in [0.4, 0.5) is 5.69 Å². The maximum Gasteiger partial charge on any atom is 0.249 e. The summed E-state index contributed by atoms with van der Waals surface area (Å²) >= 11 is 6.01. The lowest BCUT2D eigenvalue weighted by Crippen LogP contribution is -2.37. The first kappa shape index (κ1) is 21.6. The van der Waals surface area contributed by atoms with Gasteiger partial charge in [-0.2, -0.15) is 0 Å². The van der Waals surface area contributed by atoms with Gasteiger partial charge >= 0.3 is 0 Å². The molecule has 11 heteroatoms. The SMILES string of the molecule is Cn1cnnc1S(=O)(=O)CC1(c2ccc(Cl)cc2)OCC(COc2ccccc2N)O1. The Morgan fingerprint density at radius 3 is 2.68 bits per heavy atom. The van der Waals surface area contributed by atoms with Crippen LogP contribution in [-0.4, -0.2) is 48.3 Å². The van der Waals surface area contributed by atoms with Crippen LogP contribution in [-0.2, 0) is 32.1 Å². The molecule has 0 amide bonds. The summed E-state index contributed by atoms with van der Waals surface area (Å²) < 4.78 is 45.4. The topological polar surface area (TPSA) is 119 Å². The molecular formula is C20H21ClN4O5S. The van der Waals surface area contributed by atoms with E-state index in [2.05, 4.69) is 10.2 Å². The normalized spacial score (nSPS) is 21.3. The quantitative estimate of drug-likeness (QED) is 0.528. The minimum Gasteiger partial charge on any atom is -0.489 e. The first-order chi connectivity index (χ1) is 14.8. The van der Waals surface area contributed by atoms with Crippen LogP contribution >= 0.6 is 11.6 Å². The molecular weight excluding hydrogens is 444 g/mol. The average Bonchev–Trinajstić information content (AvgIpc) is 3.35. The summed E-state index contributed by atoms with van der Waals surface area (Å²) in [6, 6.07) is 13.7. The van der Waals surface area contributed by atoms with Crippen molar-refractivity contribution in [1.82, 2.24) is 14.8 Å². The fraction of sp³-hybridized carbons (Fsp3) is 0.300. The van der Waals surface area contributed by atoms with Crippen LogP contribution in [0.5, 0.6) is 5.75 Å². The Bertz CT molecular complexity index is 1170. The van der Waals surface area contributed by atoms with Gasteiger partial charge in [-0.25, -0.2) is 8.42 Å². The average molecular weight is 465 g/mol. The van der Waals surface area contributed by atoms with Crippen molar-refractivity contribution in [2.75, 3.05) is 24.7 Å². The van der Waals surface area contributed by atoms with Crippen LogP contribution in [0.3, 0.4) is 0 Å². The maximum atomic E-state index is 13.1. The lowest BCUT2D eigenvalue weighted by molar-refractivity contribution is -0.161. The van der Waals surface area contributed by atoms with Crippen molar-refractivity contribution >= 4 is 27.1 Å². The molecule has 1 saturated heterocycles. The van der Waals surface area contributed by atoms with E-state index in [4.69, 9.17) is 31.5 Å². The monoisotopic (exact) mass is 464 g/mol. The number of benzene rings is 2. The van der Waals surface area contributed by atoms with Gasteiger partial charge in [0, 0.05) is 17.6 Å². The summed E-state index contributed by atoms with van der Waals surface area (Å²) in [5.74, 6) is -1.52. The van der Waals surface area contributed by atoms with Crippen molar-refractivity contribution in [2.45, 2.75) is 17.0 Å². The molecule has 0 saturated carbocycles. The standard InChI is InChI=1S/C20H21ClN4O5S/c1-25-13-23-24-19(25)31(26,27)12-20(14-6-8-15(21)9-7-14)29-11-16(30-20)10-28-18-5-3-2-4-17(18)22/h2-9,13,16H,10-12,22H2,1H3. The molecule has 31 heavy (non-hydrogen) atoms. The number of anilines is 1. The Labute approximate surface area is 184 Å². The fourth-order valence-corrected chi connectivity index (χ4v) is 5.06. The summed E-state index contributed by atoms with van der Waals surface area (Å²) in [5, 5.41) is 7.72. The molecule has 164 valence electrons. The molecule has 2 aromatic carbocycles. The van der Waals surface area contributed by atoms with Gasteiger partial charge in [-0.15, -0.1) is 10.2 Å². The molecule has 4 rings (SSSR count). The highest BCUT2D eigenvalue weighted by atomic mass is 35.5. The molecule has 2 unspecified atom stereocenters. The Hall–Kier alpha value is -2.66. The number of rotatable bonds is 7. The van der Waals surface area contributed by atoms with Crippen molar-refractivity contribution in [3.05, 3.63) is 65.4 Å². The van der Waals surface area contributed by atoms with E-state index >= 15 is 0 Å². The molecule has 2 heterocycles. The van der Waals surface area contributed by atoms with Gasteiger partial charge in [0.05, 0.1) is 12.3 Å². The second-order valence-corrected chi connectivity index (χ2v) is 9.46. The molecule has 2 atom stereocenters. The predicted molar refractivity (Wildman–Crippen MR) is 113 cm³/mol. The smallest absolute Gasteiger partial charge is 0.249 e. The number of halogens is 1. The number of nitrogens with two attached hydrogens (primary N) is 1. The lowest BCUT2D eigenvalue weighted by atomic mass is 10.1. The zero-order valence-corrected chi connectivity index (χ0v) is 18.2. The molecule has 0 spiro atoms. The summed E-state index contributed by atoms with van der Waals surface area (Å²) in [7, 11) is -2.34.